The minimum atomic E-state index is -0.107. The van der Waals surface area contributed by atoms with Gasteiger partial charge in [0.1, 0.15) is 0 Å². The van der Waals surface area contributed by atoms with Crippen molar-refractivity contribution in [1.82, 2.24) is 0 Å². The van der Waals surface area contributed by atoms with E-state index < -0.39 is 0 Å². The van der Waals surface area contributed by atoms with Gasteiger partial charge < -0.3 is 19.9 Å². The zero-order valence-corrected chi connectivity index (χ0v) is 12.8. The minimum Gasteiger partial charge on any atom is -0.385 e. The molecular formula is C16H27NO3. The van der Waals surface area contributed by atoms with Crippen LogP contribution in [-0.4, -0.2) is 39.6 Å². The largest absolute Gasteiger partial charge is 0.385 e. The molecule has 0 fully saturated rings. The van der Waals surface area contributed by atoms with Crippen molar-refractivity contribution >= 4 is 0 Å². The molecule has 0 heterocycles. The molecule has 20 heavy (non-hydrogen) atoms. The Balaban J connectivity index is 2.18. The third-order valence-electron chi connectivity index (χ3n) is 3.21. The number of hydrogen-bond donors (Lipinski definition) is 1. The van der Waals surface area contributed by atoms with Crippen LogP contribution in [0.1, 0.15) is 30.5 Å². The van der Waals surface area contributed by atoms with Crippen LogP contribution < -0.4 is 5.73 Å². The number of nitrogens with two attached hydrogens (primary N) is 1. The summed E-state index contributed by atoms with van der Waals surface area (Å²) in [7, 11) is 1.69. The smallest absolute Gasteiger partial charge is 0.0740 e. The van der Waals surface area contributed by atoms with Crippen LogP contribution in [-0.2, 0) is 14.2 Å². The quantitative estimate of drug-likeness (QED) is 0.669. The van der Waals surface area contributed by atoms with Crippen LogP contribution in [0.2, 0.25) is 0 Å². The first-order valence-electron chi connectivity index (χ1n) is 7.15. The molecule has 0 spiro atoms. The average molecular weight is 281 g/mol. The first-order chi connectivity index (χ1) is 9.65. The van der Waals surface area contributed by atoms with Crippen molar-refractivity contribution in [2.45, 2.75) is 32.4 Å². The lowest BCUT2D eigenvalue weighted by molar-refractivity contribution is -0.00117. The summed E-state index contributed by atoms with van der Waals surface area (Å²) in [6.45, 7) is 6.65. The maximum absolute atomic E-state index is 6.19. The number of benzene rings is 1. The van der Waals surface area contributed by atoms with Gasteiger partial charge in [-0.1, -0.05) is 29.8 Å². The molecule has 0 aromatic heterocycles. The van der Waals surface area contributed by atoms with E-state index in [-0.39, 0.29) is 12.1 Å². The first kappa shape index (κ1) is 17.1. The van der Waals surface area contributed by atoms with E-state index in [1.165, 1.54) is 5.56 Å². The topological polar surface area (TPSA) is 53.7 Å². The second-order valence-electron chi connectivity index (χ2n) is 4.97. The monoisotopic (exact) mass is 281 g/mol. The molecule has 1 aromatic carbocycles. The zero-order valence-electron chi connectivity index (χ0n) is 12.8. The molecule has 2 N–H and O–H groups in total. The van der Waals surface area contributed by atoms with Crippen LogP contribution in [0, 0.1) is 6.92 Å². The van der Waals surface area contributed by atoms with Gasteiger partial charge in [0.25, 0.3) is 0 Å². The Bertz CT molecular complexity index is 353. The maximum Gasteiger partial charge on any atom is 0.0740 e. The third-order valence-corrected chi connectivity index (χ3v) is 3.21. The lowest BCUT2D eigenvalue weighted by Crippen LogP contribution is -2.27. The Morgan fingerprint density at radius 2 is 1.75 bits per heavy atom. The Morgan fingerprint density at radius 1 is 1.05 bits per heavy atom. The summed E-state index contributed by atoms with van der Waals surface area (Å²) in [4.78, 5) is 0. The molecule has 0 aliphatic rings. The van der Waals surface area contributed by atoms with Crippen molar-refractivity contribution in [3.63, 3.8) is 0 Å². The highest BCUT2D eigenvalue weighted by Crippen LogP contribution is 2.17. The molecule has 0 aliphatic carbocycles. The first-order valence-corrected chi connectivity index (χ1v) is 7.15. The van der Waals surface area contributed by atoms with Gasteiger partial charge in [-0.3, -0.25) is 0 Å². The lowest BCUT2D eigenvalue weighted by Gasteiger charge is -2.21. The molecule has 0 saturated heterocycles. The molecule has 0 radical (unpaired) electrons. The van der Waals surface area contributed by atoms with E-state index in [0.29, 0.717) is 19.8 Å². The lowest BCUT2D eigenvalue weighted by atomic mass is 10.0. The number of ether oxygens (including phenoxy) is 3. The number of rotatable bonds is 10. The van der Waals surface area contributed by atoms with Gasteiger partial charge in [-0.2, -0.15) is 0 Å². The molecule has 1 aromatic rings. The number of methoxy groups -OCH3 is 1. The van der Waals surface area contributed by atoms with Crippen molar-refractivity contribution in [2.24, 2.45) is 5.73 Å². The molecule has 0 aliphatic heterocycles. The summed E-state index contributed by atoms with van der Waals surface area (Å²) < 4.78 is 16.1. The molecule has 1 rings (SSSR count). The predicted octanol–water partition coefficient (Wildman–Crippen LogP) is 2.45. The fraction of sp³-hybridized carbons (Fsp3) is 0.625. The van der Waals surface area contributed by atoms with E-state index >= 15 is 0 Å². The van der Waals surface area contributed by atoms with Crippen LogP contribution >= 0.6 is 0 Å². The number of aryl methyl sites for hydroxylation is 1. The van der Waals surface area contributed by atoms with Gasteiger partial charge in [0, 0.05) is 20.3 Å². The van der Waals surface area contributed by atoms with Gasteiger partial charge in [0.05, 0.1) is 25.4 Å². The Kier molecular flexibility index (Phi) is 8.46. The molecule has 0 bridgehead atoms. The van der Waals surface area contributed by atoms with Crippen molar-refractivity contribution in [3.8, 4) is 0 Å². The van der Waals surface area contributed by atoms with E-state index in [1.54, 1.807) is 7.11 Å². The van der Waals surface area contributed by atoms with Crippen LogP contribution in [0.5, 0.6) is 0 Å². The van der Waals surface area contributed by atoms with E-state index in [1.807, 2.05) is 6.92 Å². The fourth-order valence-corrected chi connectivity index (χ4v) is 1.86. The van der Waals surface area contributed by atoms with Crippen LogP contribution in [0.3, 0.4) is 0 Å². The summed E-state index contributed by atoms with van der Waals surface area (Å²) in [6, 6.07) is 8.15. The van der Waals surface area contributed by atoms with Gasteiger partial charge in [-0.05, 0) is 25.8 Å². The van der Waals surface area contributed by atoms with Gasteiger partial charge in [-0.25, -0.2) is 0 Å². The SMILES string of the molecule is COCCCOCCOC(C)C(N)c1ccc(C)cc1. The number of hydrogen-bond acceptors (Lipinski definition) is 4. The fourth-order valence-electron chi connectivity index (χ4n) is 1.86. The van der Waals surface area contributed by atoms with Crippen LogP contribution in [0.15, 0.2) is 24.3 Å². The van der Waals surface area contributed by atoms with Gasteiger partial charge in [-0.15, -0.1) is 0 Å². The Labute approximate surface area is 122 Å². The van der Waals surface area contributed by atoms with E-state index in [4.69, 9.17) is 19.9 Å². The predicted molar refractivity (Wildman–Crippen MR) is 80.8 cm³/mol. The molecule has 2 atom stereocenters. The molecular weight excluding hydrogens is 254 g/mol. The summed E-state index contributed by atoms with van der Waals surface area (Å²) in [5.74, 6) is 0. The highest BCUT2D eigenvalue weighted by Gasteiger charge is 2.14. The van der Waals surface area contributed by atoms with Crippen molar-refractivity contribution < 1.29 is 14.2 Å². The van der Waals surface area contributed by atoms with Crippen molar-refractivity contribution in [3.05, 3.63) is 35.4 Å². The molecule has 0 amide bonds. The van der Waals surface area contributed by atoms with Gasteiger partial charge in [0.15, 0.2) is 0 Å². The van der Waals surface area contributed by atoms with Crippen LogP contribution in [0.25, 0.3) is 0 Å². The molecule has 4 heteroatoms. The zero-order chi connectivity index (χ0) is 14.8. The summed E-state index contributed by atoms with van der Waals surface area (Å²) in [6.07, 6.45) is 0.884. The average Bonchev–Trinajstić information content (AvgIpc) is 2.46. The maximum atomic E-state index is 6.19. The van der Waals surface area contributed by atoms with E-state index in [0.717, 1.165) is 18.6 Å². The summed E-state index contributed by atoms with van der Waals surface area (Å²) in [5.41, 5.74) is 8.52. The van der Waals surface area contributed by atoms with Gasteiger partial charge in [0.2, 0.25) is 0 Å². The van der Waals surface area contributed by atoms with E-state index in [2.05, 4.69) is 31.2 Å². The molecule has 114 valence electrons. The summed E-state index contributed by atoms with van der Waals surface area (Å²) >= 11 is 0. The summed E-state index contributed by atoms with van der Waals surface area (Å²) in [5, 5.41) is 0. The Morgan fingerprint density at radius 3 is 2.40 bits per heavy atom. The van der Waals surface area contributed by atoms with E-state index in [9.17, 15) is 0 Å². The molecule has 0 saturated carbocycles. The second kappa shape index (κ2) is 9.88. The van der Waals surface area contributed by atoms with Crippen molar-refractivity contribution in [2.75, 3.05) is 33.5 Å². The standard InChI is InChI=1S/C16H27NO3/c1-13-5-7-15(8-6-13)16(17)14(2)20-12-11-19-10-4-9-18-3/h5-8,14,16H,4,9-12,17H2,1-3H3. The Hall–Kier alpha value is -0.940. The second-order valence-corrected chi connectivity index (χ2v) is 4.97. The highest BCUT2D eigenvalue weighted by molar-refractivity contribution is 5.24. The normalized spacial score (nSPS) is 14.2. The highest BCUT2D eigenvalue weighted by atomic mass is 16.5. The van der Waals surface area contributed by atoms with Crippen molar-refractivity contribution in [1.29, 1.82) is 0 Å². The third kappa shape index (κ3) is 6.48. The minimum absolute atomic E-state index is 0.0275. The van der Waals surface area contributed by atoms with Crippen LogP contribution in [0.4, 0.5) is 0 Å². The van der Waals surface area contributed by atoms with Gasteiger partial charge >= 0.3 is 0 Å². The molecule has 2 unspecified atom stereocenters. The molecule has 4 nitrogen and oxygen atoms in total.